The molecule has 33 heavy (non-hydrogen) atoms. The fourth-order valence-electron chi connectivity index (χ4n) is 5.08. The first-order valence-corrected chi connectivity index (χ1v) is 11.8. The predicted molar refractivity (Wildman–Crippen MR) is 125 cm³/mol. The number of piperazine rings is 1. The standard InChI is InChI=1S/C25H26ClN3O4/c1-2-21(30)29-12-10-28(11-13-29)16-6-7-17(20(26)14-16)23(31)18-4-3-5-19-22(18)24(32)33-25(19)8-9-27-15-25/h3-7,14,27H,2,8-13,15H2,1H3/t25-/m0/s1. The van der Waals surface area contributed by atoms with Gasteiger partial charge in [-0.15, -0.1) is 0 Å². The number of carbonyl (C=O) groups excluding carboxylic acids is 3. The predicted octanol–water partition coefficient (Wildman–Crippen LogP) is 2.99. The number of nitrogens with one attached hydrogen (secondary N) is 1. The molecule has 0 radical (unpaired) electrons. The first-order chi connectivity index (χ1) is 15.9. The summed E-state index contributed by atoms with van der Waals surface area (Å²) in [6.45, 7) is 5.94. The number of halogens is 1. The highest BCUT2D eigenvalue weighted by Gasteiger charge is 2.49. The van der Waals surface area contributed by atoms with Gasteiger partial charge in [0.15, 0.2) is 11.4 Å². The van der Waals surface area contributed by atoms with Gasteiger partial charge < -0.3 is 19.9 Å². The summed E-state index contributed by atoms with van der Waals surface area (Å²) in [7, 11) is 0. The van der Waals surface area contributed by atoms with Crippen LogP contribution in [0.5, 0.6) is 0 Å². The Labute approximate surface area is 197 Å². The zero-order valence-corrected chi connectivity index (χ0v) is 19.3. The van der Waals surface area contributed by atoms with Gasteiger partial charge in [-0.25, -0.2) is 4.79 Å². The Kier molecular flexibility index (Phi) is 5.62. The number of nitrogens with zero attached hydrogens (tertiary/aromatic N) is 2. The summed E-state index contributed by atoms with van der Waals surface area (Å²) in [6, 6.07) is 10.7. The highest BCUT2D eigenvalue weighted by Crippen LogP contribution is 2.42. The molecule has 7 nitrogen and oxygen atoms in total. The summed E-state index contributed by atoms with van der Waals surface area (Å²) in [4.78, 5) is 42.2. The van der Waals surface area contributed by atoms with Crippen molar-refractivity contribution in [3.05, 3.63) is 63.7 Å². The molecule has 1 amide bonds. The highest BCUT2D eigenvalue weighted by atomic mass is 35.5. The van der Waals surface area contributed by atoms with Crippen LogP contribution in [0.15, 0.2) is 36.4 Å². The van der Waals surface area contributed by atoms with E-state index in [1.54, 1.807) is 24.3 Å². The number of fused-ring (bicyclic) bond motifs is 2. The first-order valence-electron chi connectivity index (χ1n) is 11.4. The molecule has 1 atom stereocenters. The summed E-state index contributed by atoms with van der Waals surface area (Å²) < 4.78 is 5.75. The maximum Gasteiger partial charge on any atom is 0.340 e. The van der Waals surface area contributed by atoms with Crippen molar-refractivity contribution in [1.29, 1.82) is 0 Å². The quantitative estimate of drug-likeness (QED) is 0.550. The molecular weight excluding hydrogens is 442 g/mol. The Morgan fingerprint density at radius 3 is 2.58 bits per heavy atom. The maximum absolute atomic E-state index is 13.4. The van der Waals surface area contributed by atoms with E-state index in [0.717, 1.165) is 17.8 Å². The molecule has 0 saturated carbocycles. The fraction of sp³-hybridized carbons (Fsp3) is 0.400. The van der Waals surface area contributed by atoms with Gasteiger partial charge in [-0.05, 0) is 24.7 Å². The van der Waals surface area contributed by atoms with Crippen molar-refractivity contribution in [2.45, 2.75) is 25.4 Å². The third-order valence-electron chi connectivity index (χ3n) is 6.91. The average molecular weight is 468 g/mol. The Morgan fingerprint density at radius 1 is 1.12 bits per heavy atom. The minimum atomic E-state index is -0.683. The van der Waals surface area contributed by atoms with Crippen LogP contribution >= 0.6 is 11.6 Å². The van der Waals surface area contributed by atoms with Crippen LogP contribution in [0.2, 0.25) is 5.02 Å². The van der Waals surface area contributed by atoms with E-state index in [0.29, 0.717) is 67.3 Å². The maximum atomic E-state index is 13.4. The zero-order chi connectivity index (χ0) is 23.2. The molecule has 8 heteroatoms. The van der Waals surface area contributed by atoms with Crippen LogP contribution < -0.4 is 10.2 Å². The number of carbonyl (C=O) groups is 3. The molecule has 5 rings (SSSR count). The van der Waals surface area contributed by atoms with Crippen LogP contribution in [0, 0.1) is 0 Å². The summed E-state index contributed by atoms with van der Waals surface area (Å²) in [5.74, 6) is -0.579. The van der Waals surface area contributed by atoms with Crippen LogP contribution in [0.4, 0.5) is 5.69 Å². The van der Waals surface area contributed by atoms with E-state index >= 15 is 0 Å². The molecule has 0 aromatic heterocycles. The van der Waals surface area contributed by atoms with Crippen molar-refractivity contribution in [2.24, 2.45) is 0 Å². The molecule has 0 aliphatic carbocycles. The van der Waals surface area contributed by atoms with E-state index in [1.165, 1.54) is 0 Å². The summed E-state index contributed by atoms with van der Waals surface area (Å²) in [5.41, 5.74) is 2.03. The molecule has 2 aromatic rings. The largest absolute Gasteiger partial charge is 0.449 e. The van der Waals surface area contributed by atoms with Gasteiger partial charge in [0.05, 0.1) is 10.6 Å². The van der Waals surface area contributed by atoms with Crippen LogP contribution in [0.3, 0.4) is 0 Å². The molecule has 0 bridgehead atoms. The third-order valence-corrected chi connectivity index (χ3v) is 7.22. The lowest BCUT2D eigenvalue weighted by Gasteiger charge is -2.36. The Bertz CT molecular complexity index is 1130. The molecule has 3 heterocycles. The first kappa shape index (κ1) is 21.9. The van der Waals surface area contributed by atoms with Gasteiger partial charge in [-0.3, -0.25) is 9.59 Å². The zero-order valence-electron chi connectivity index (χ0n) is 18.5. The van der Waals surface area contributed by atoms with Gasteiger partial charge in [-0.1, -0.05) is 36.7 Å². The number of rotatable bonds is 4. The average Bonchev–Trinajstić information content (AvgIpc) is 3.42. The van der Waals surface area contributed by atoms with E-state index in [4.69, 9.17) is 16.3 Å². The van der Waals surface area contributed by atoms with E-state index < -0.39 is 11.6 Å². The molecule has 172 valence electrons. The van der Waals surface area contributed by atoms with Crippen molar-refractivity contribution in [3.63, 3.8) is 0 Å². The minimum Gasteiger partial charge on any atom is -0.449 e. The highest BCUT2D eigenvalue weighted by molar-refractivity contribution is 6.35. The van der Waals surface area contributed by atoms with Crippen molar-refractivity contribution < 1.29 is 19.1 Å². The molecule has 1 spiro atoms. The van der Waals surface area contributed by atoms with Crippen molar-refractivity contribution in [2.75, 3.05) is 44.2 Å². The molecule has 1 N–H and O–H groups in total. The molecule has 2 aromatic carbocycles. The number of ether oxygens (including phenoxy) is 1. The second kappa shape index (κ2) is 8.47. The van der Waals surface area contributed by atoms with Gasteiger partial charge in [0.1, 0.15) is 0 Å². The second-order valence-corrected chi connectivity index (χ2v) is 9.16. The second-order valence-electron chi connectivity index (χ2n) is 8.75. The van der Waals surface area contributed by atoms with Crippen LogP contribution in [-0.2, 0) is 15.1 Å². The number of esters is 1. The molecule has 0 unspecified atom stereocenters. The van der Waals surface area contributed by atoms with Gasteiger partial charge in [0.2, 0.25) is 5.91 Å². The Balaban J connectivity index is 1.40. The number of benzene rings is 2. The van der Waals surface area contributed by atoms with Crippen LogP contribution in [-0.4, -0.2) is 61.8 Å². The van der Waals surface area contributed by atoms with Gasteiger partial charge >= 0.3 is 5.97 Å². The molecule has 3 aliphatic heterocycles. The smallest absolute Gasteiger partial charge is 0.340 e. The number of ketones is 1. The van der Waals surface area contributed by atoms with Crippen molar-refractivity contribution >= 4 is 34.9 Å². The summed E-state index contributed by atoms with van der Waals surface area (Å²) in [5, 5.41) is 3.58. The van der Waals surface area contributed by atoms with Gasteiger partial charge in [-0.2, -0.15) is 0 Å². The Hall–Kier alpha value is -2.90. The molecule has 2 fully saturated rings. The summed E-state index contributed by atoms with van der Waals surface area (Å²) >= 11 is 6.56. The number of anilines is 1. The number of amides is 1. The van der Waals surface area contributed by atoms with Crippen molar-refractivity contribution in [1.82, 2.24) is 10.2 Å². The lowest BCUT2D eigenvalue weighted by molar-refractivity contribution is -0.131. The SMILES string of the molecule is CCC(=O)N1CCN(c2ccc(C(=O)c3cccc4c3C(=O)O[C@]43CCNC3)c(Cl)c2)CC1. The number of hydrogen-bond acceptors (Lipinski definition) is 6. The van der Waals surface area contributed by atoms with Crippen LogP contribution in [0.1, 0.15) is 51.6 Å². The molecule has 2 saturated heterocycles. The topological polar surface area (TPSA) is 79.0 Å². The van der Waals surface area contributed by atoms with E-state index in [9.17, 15) is 14.4 Å². The normalized spacial score (nSPS) is 21.9. The monoisotopic (exact) mass is 467 g/mol. The van der Waals surface area contributed by atoms with Crippen LogP contribution in [0.25, 0.3) is 0 Å². The molecule has 3 aliphatic rings. The number of hydrogen-bond donors (Lipinski definition) is 1. The third kappa shape index (κ3) is 3.69. The minimum absolute atomic E-state index is 0.165. The van der Waals surface area contributed by atoms with Gasteiger partial charge in [0, 0.05) is 67.9 Å². The van der Waals surface area contributed by atoms with E-state index in [1.807, 2.05) is 24.0 Å². The van der Waals surface area contributed by atoms with Gasteiger partial charge in [0.25, 0.3) is 0 Å². The van der Waals surface area contributed by atoms with E-state index in [2.05, 4.69) is 10.2 Å². The lowest BCUT2D eigenvalue weighted by atomic mass is 9.87. The Morgan fingerprint density at radius 2 is 1.91 bits per heavy atom. The fourth-order valence-corrected chi connectivity index (χ4v) is 5.34. The van der Waals surface area contributed by atoms with Crippen molar-refractivity contribution in [3.8, 4) is 0 Å². The summed E-state index contributed by atoms with van der Waals surface area (Å²) in [6.07, 6.45) is 1.20. The lowest BCUT2D eigenvalue weighted by Crippen LogP contribution is -2.48. The van der Waals surface area contributed by atoms with E-state index in [-0.39, 0.29) is 11.7 Å². The molecular formula is C25H26ClN3O4.